The Kier molecular flexibility index (Phi) is 10.1. The van der Waals surface area contributed by atoms with Crippen LogP contribution < -0.4 is 5.32 Å². The number of hydrogen-bond donors (Lipinski definition) is 1. The van der Waals surface area contributed by atoms with E-state index >= 15 is 0 Å². The van der Waals surface area contributed by atoms with Gasteiger partial charge in [0.25, 0.3) is 0 Å². The van der Waals surface area contributed by atoms with Gasteiger partial charge >= 0.3 is 6.18 Å². The van der Waals surface area contributed by atoms with Crippen LogP contribution in [0.1, 0.15) is 33.6 Å². The van der Waals surface area contributed by atoms with Crippen LogP contribution in [-0.4, -0.2) is 91.8 Å². The van der Waals surface area contributed by atoms with Gasteiger partial charge in [0.1, 0.15) is 6.04 Å². The number of aliphatic imine (C=N–C) groups is 1. The zero-order valence-electron chi connectivity index (χ0n) is 16.9. The van der Waals surface area contributed by atoms with Crippen molar-refractivity contribution in [3.8, 4) is 0 Å². The summed E-state index contributed by atoms with van der Waals surface area (Å²) in [7, 11) is 1.74. The fourth-order valence-electron chi connectivity index (χ4n) is 3.83. The lowest BCUT2D eigenvalue weighted by Gasteiger charge is -2.40. The summed E-state index contributed by atoms with van der Waals surface area (Å²) in [6.07, 6.45) is -1.73. The van der Waals surface area contributed by atoms with Gasteiger partial charge in [-0.25, -0.2) is 0 Å². The summed E-state index contributed by atoms with van der Waals surface area (Å²) in [6, 6.07) is -0.815. The summed E-state index contributed by atoms with van der Waals surface area (Å²) in [5.41, 5.74) is 0. The number of guanidine groups is 1. The van der Waals surface area contributed by atoms with Gasteiger partial charge in [0.2, 0.25) is 0 Å². The smallest absolute Gasteiger partial charge is 0.356 e. The lowest BCUT2D eigenvalue weighted by atomic mass is 9.97. The van der Waals surface area contributed by atoms with E-state index in [-0.39, 0.29) is 24.0 Å². The highest BCUT2D eigenvalue weighted by Gasteiger charge is 2.41. The third-order valence-corrected chi connectivity index (χ3v) is 5.68. The van der Waals surface area contributed by atoms with E-state index in [1.165, 1.54) is 31.2 Å². The molecular weight excluding hydrogens is 470 g/mol. The molecule has 0 amide bonds. The van der Waals surface area contributed by atoms with Crippen molar-refractivity contribution in [1.29, 1.82) is 0 Å². The molecule has 160 valence electrons. The van der Waals surface area contributed by atoms with Crippen molar-refractivity contribution >= 4 is 29.9 Å². The van der Waals surface area contributed by atoms with Crippen LogP contribution in [0.4, 0.5) is 13.2 Å². The molecule has 0 aromatic rings. The van der Waals surface area contributed by atoms with Crippen molar-refractivity contribution in [3.05, 3.63) is 0 Å². The Morgan fingerprint density at radius 3 is 2.22 bits per heavy atom. The second-order valence-corrected chi connectivity index (χ2v) is 7.77. The molecule has 2 saturated heterocycles. The maximum absolute atomic E-state index is 12.9. The highest BCUT2D eigenvalue weighted by molar-refractivity contribution is 14.0. The first-order valence-electron chi connectivity index (χ1n) is 9.72. The summed E-state index contributed by atoms with van der Waals surface area (Å²) in [6.45, 7) is 10.8. The van der Waals surface area contributed by atoms with Crippen molar-refractivity contribution in [1.82, 2.24) is 20.0 Å². The lowest BCUT2D eigenvalue weighted by Crippen LogP contribution is -2.57. The Hall–Kier alpha value is -0.290. The van der Waals surface area contributed by atoms with Crippen LogP contribution in [0.2, 0.25) is 0 Å². The molecule has 0 aliphatic carbocycles. The molecule has 2 rings (SSSR count). The Bertz CT molecular complexity index is 464. The van der Waals surface area contributed by atoms with Gasteiger partial charge in [0.15, 0.2) is 5.96 Å². The van der Waals surface area contributed by atoms with E-state index < -0.39 is 12.2 Å². The second-order valence-electron chi connectivity index (χ2n) is 7.77. The average Bonchev–Trinajstić information content (AvgIpc) is 2.61. The predicted octanol–water partition coefficient (Wildman–Crippen LogP) is 2.87. The molecule has 2 aliphatic rings. The van der Waals surface area contributed by atoms with Gasteiger partial charge < -0.3 is 15.1 Å². The molecule has 0 saturated carbocycles. The number of alkyl halides is 3. The van der Waals surface area contributed by atoms with Crippen molar-refractivity contribution < 1.29 is 13.2 Å². The number of likely N-dealkylation sites (tertiary alicyclic amines) is 1. The van der Waals surface area contributed by atoms with E-state index in [1.54, 1.807) is 7.05 Å². The van der Waals surface area contributed by atoms with Crippen molar-refractivity contribution in [2.24, 2.45) is 10.9 Å². The van der Waals surface area contributed by atoms with Crippen molar-refractivity contribution in [3.63, 3.8) is 0 Å². The summed E-state index contributed by atoms with van der Waals surface area (Å²) in [5, 5.41) is 3.45. The number of rotatable bonds is 4. The SMILES string of the molecule is CN=C(NCC1CCCN(C(C)C)C1)N1CCN(C(C)C(F)(F)F)CC1.I. The molecule has 2 unspecified atom stereocenters. The van der Waals surface area contributed by atoms with Crippen LogP contribution >= 0.6 is 24.0 Å². The minimum absolute atomic E-state index is 0. The Balaban J connectivity index is 0.00000364. The normalized spacial score (nSPS) is 24.7. The van der Waals surface area contributed by atoms with Gasteiger partial charge in [0.05, 0.1) is 0 Å². The molecule has 2 heterocycles. The van der Waals surface area contributed by atoms with Crippen LogP contribution in [0.15, 0.2) is 4.99 Å². The van der Waals surface area contributed by atoms with E-state index in [0.29, 0.717) is 38.1 Å². The van der Waals surface area contributed by atoms with E-state index in [9.17, 15) is 13.2 Å². The largest absolute Gasteiger partial charge is 0.403 e. The zero-order valence-corrected chi connectivity index (χ0v) is 19.3. The second kappa shape index (κ2) is 11.0. The number of halogens is 4. The molecule has 2 atom stereocenters. The molecule has 0 bridgehead atoms. The van der Waals surface area contributed by atoms with E-state index in [1.807, 2.05) is 0 Å². The number of piperidine rings is 1. The molecule has 27 heavy (non-hydrogen) atoms. The van der Waals surface area contributed by atoms with E-state index in [0.717, 1.165) is 19.0 Å². The average molecular weight is 505 g/mol. The molecule has 0 spiro atoms. The fraction of sp³-hybridized carbons (Fsp3) is 0.944. The summed E-state index contributed by atoms with van der Waals surface area (Å²) >= 11 is 0. The molecule has 5 nitrogen and oxygen atoms in total. The van der Waals surface area contributed by atoms with E-state index in [2.05, 4.69) is 34.0 Å². The summed E-state index contributed by atoms with van der Waals surface area (Å²) in [5.74, 6) is 1.40. The van der Waals surface area contributed by atoms with Crippen molar-refractivity contribution in [2.45, 2.75) is 51.9 Å². The van der Waals surface area contributed by atoms with Crippen LogP contribution in [0.25, 0.3) is 0 Å². The summed E-state index contributed by atoms with van der Waals surface area (Å²) in [4.78, 5) is 10.4. The van der Waals surface area contributed by atoms with Gasteiger partial charge in [-0.3, -0.25) is 9.89 Å². The Morgan fingerprint density at radius 1 is 1.07 bits per heavy atom. The van der Waals surface area contributed by atoms with E-state index in [4.69, 9.17) is 0 Å². The molecule has 2 fully saturated rings. The first-order valence-corrected chi connectivity index (χ1v) is 9.72. The number of hydrogen-bond acceptors (Lipinski definition) is 3. The maximum atomic E-state index is 12.9. The third kappa shape index (κ3) is 7.23. The standard InChI is InChI=1S/C18H34F3N5.HI/c1-14(2)26-7-5-6-16(13-26)12-23-17(22-4)25-10-8-24(9-11-25)15(3)18(19,20)21;/h14-16H,5-13H2,1-4H3,(H,22,23);1H. The van der Waals surface area contributed by atoms with Gasteiger partial charge in [-0.2, -0.15) is 13.2 Å². The monoisotopic (exact) mass is 505 g/mol. The van der Waals surface area contributed by atoms with Crippen LogP contribution in [0.3, 0.4) is 0 Å². The molecule has 9 heteroatoms. The molecule has 2 aliphatic heterocycles. The van der Waals surface area contributed by atoms with Crippen LogP contribution in [-0.2, 0) is 0 Å². The topological polar surface area (TPSA) is 34.1 Å². The predicted molar refractivity (Wildman–Crippen MR) is 115 cm³/mol. The Labute approximate surface area is 178 Å². The van der Waals surface area contributed by atoms with Gasteiger partial charge in [-0.1, -0.05) is 0 Å². The minimum atomic E-state index is -4.16. The number of nitrogens with one attached hydrogen (secondary N) is 1. The highest BCUT2D eigenvalue weighted by Crippen LogP contribution is 2.25. The maximum Gasteiger partial charge on any atom is 0.403 e. The van der Waals surface area contributed by atoms with Gasteiger partial charge in [0, 0.05) is 52.4 Å². The van der Waals surface area contributed by atoms with Crippen LogP contribution in [0.5, 0.6) is 0 Å². The molecular formula is C18H35F3IN5. The molecule has 1 N–H and O–H groups in total. The third-order valence-electron chi connectivity index (χ3n) is 5.68. The van der Waals surface area contributed by atoms with Crippen molar-refractivity contribution in [2.75, 3.05) is 52.9 Å². The summed E-state index contributed by atoms with van der Waals surface area (Å²) < 4.78 is 38.6. The first-order chi connectivity index (χ1) is 12.2. The van der Waals surface area contributed by atoms with Gasteiger partial charge in [-0.15, -0.1) is 24.0 Å². The fourth-order valence-corrected chi connectivity index (χ4v) is 3.83. The van der Waals surface area contributed by atoms with Crippen LogP contribution in [0, 0.1) is 5.92 Å². The van der Waals surface area contributed by atoms with Gasteiger partial charge in [-0.05, 0) is 46.1 Å². The molecule has 0 aromatic heterocycles. The quantitative estimate of drug-likeness (QED) is 0.362. The number of nitrogens with zero attached hydrogens (tertiary/aromatic N) is 4. The number of piperazine rings is 1. The molecule has 0 aromatic carbocycles. The Morgan fingerprint density at radius 2 is 1.70 bits per heavy atom. The first kappa shape index (κ1) is 24.7. The zero-order chi connectivity index (χ0) is 19.3. The minimum Gasteiger partial charge on any atom is -0.356 e. The molecule has 0 radical (unpaired) electrons. The lowest BCUT2D eigenvalue weighted by molar-refractivity contribution is -0.181. The highest BCUT2D eigenvalue weighted by atomic mass is 127.